The fourth-order valence-corrected chi connectivity index (χ4v) is 7.15. The number of likely N-dealkylation sites (N-methyl/N-ethyl adjacent to an activating group) is 1. The third-order valence-electron chi connectivity index (χ3n) is 10.1. The van der Waals surface area contributed by atoms with Gasteiger partial charge < -0.3 is 24.0 Å². The SMILES string of the molecule is CCCCCC/C=C\CCCCCCCCCC(=O)O[C@H](COC(=O)CCC/C=C\C[C@H]1C=CC(=O)[C@@H]1/C=C/[C@@H](O)CCCCC)COP(=O)(O)OCC[N+](C)(C)C. The monoisotopic (exact) mass is 839 g/mol. The summed E-state index contributed by atoms with van der Waals surface area (Å²) >= 11 is 0. The van der Waals surface area contributed by atoms with E-state index in [2.05, 4.69) is 26.0 Å². The minimum absolute atomic E-state index is 0.00214. The van der Waals surface area contributed by atoms with Crippen LogP contribution in [-0.4, -0.2) is 91.9 Å². The second-order valence-electron chi connectivity index (χ2n) is 16.7. The Balaban J connectivity index is 2.46. The van der Waals surface area contributed by atoms with Crippen molar-refractivity contribution in [3.05, 3.63) is 48.6 Å². The molecule has 1 aliphatic carbocycles. The molecule has 334 valence electrons. The van der Waals surface area contributed by atoms with Crippen molar-refractivity contribution in [3.8, 4) is 0 Å². The van der Waals surface area contributed by atoms with Gasteiger partial charge in [-0.05, 0) is 69.8 Å². The van der Waals surface area contributed by atoms with Crippen molar-refractivity contribution in [2.75, 3.05) is 47.5 Å². The van der Waals surface area contributed by atoms with Gasteiger partial charge in [0.1, 0.15) is 19.8 Å². The number of nitrogens with zero attached hydrogens (tertiary/aromatic N) is 1. The Bertz CT molecular complexity index is 1270. The largest absolute Gasteiger partial charge is 0.472 e. The van der Waals surface area contributed by atoms with E-state index in [1.165, 1.54) is 51.4 Å². The van der Waals surface area contributed by atoms with Crippen LogP contribution in [0.2, 0.25) is 0 Å². The Labute approximate surface area is 351 Å². The number of hydrogen-bond donors (Lipinski definition) is 2. The van der Waals surface area contributed by atoms with Gasteiger partial charge in [-0.25, -0.2) is 4.57 Å². The Morgan fingerprint density at radius 2 is 1.36 bits per heavy atom. The topological polar surface area (TPSA) is 146 Å². The second-order valence-corrected chi connectivity index (χ2v) is 18.2. The van der Waals surface area contributed by atoms with Crippen molar-refractivity contribution in [2.45, 2.75) is 167 Å². The minimum atomic E-state index is -4.43. The molecule has 0 radical (unpaired) electrons. The number of carbonyl (C=O) groups excluding carboxylic acids is 3. The lowest BCUT2D eigenvalue weighted by Crippen LogP contribution is -2.37. The molecular formula is C46H81NO10P+. The molecule has 0 spiro atoms. The molecule has 12 heteroatoms. The summed E-state index contributed by atoms with van der Waals surface area (Å²) in [5.74, 6) is -1.15. The van der Waals surface area contributed by atoms with Crippen molar-refractivity contribution in [2.24, 2.45) is 11.8 Å². The first-order valence-corrected chi connectivity index (χ1v) is 23.9. The molecule has 0 aromatic heterocycles. The van der Waals surface area contributed by atoms with E-state index < -0.39 is 38.6 Å². The third kappa shape index (κ3) is 30.6. The van der Waals surface area contributed by atoms with Crippen LogP contribution in [0.3, 0.4) is 0 Å². The first-order chi connectivity index (χ1) is 27.8. The van der Waals surface area contributed by atoms with E-state index in [1.54, 1.807) is 12.2 Å². The van der Waals surface area contributed by atoms with Crippen LogP contribution >= 0.6 is 7.82 Å². The number of esters is 2. The molecule has 1 rings (SSSR count). The summed E-state index contributed by atoms with van der Waals surface area (Å²) in [6.45, 7) is 4.07. The van der Waals surface area contributed by atoms with E-state index in [-0.39, 0.29) is 43.7 Å². The molecule has 2 N–H and O–H groups in total. The summed E-state index contributed by atoms with van der Waals surface area (Å²) in [5.41, 5.74) is 0. The molecule has 0 saturated heterocycles. The van der Waals surface area contributed by atoms with E-state index in [4.69, 9.17) is 18.5 Å². The molecule has 58 heavy (non-hydrogen) atoms. The number of phosphoric ester groups is 1. The zero-order valence-corrected chi connectivity index (χ0v) is 37.8. The Kier molecular flexibility index (Phi) is 30.8. The number of ketones is 1. The Hall–Kier alpha value is -2.40. The number of unbranched alkanes of at least 4 members (excludes halogenated alkanes) is 14. The number of aliphatic hydroxyl groups is 1. The lowest BCUT2D eigenvalue weighted by atomic mass is 9.90. The smallest absolute Gasteiger partial charge is 0.462 e. The van der Waals surface area contributed by atoms with Crippen LogP contribution in [0.4, 0.5) is 0 Å². The van der Waals surface area contributed by atoms with Crippen molar-refractivity contribution >= 4 is 25.5 Å². The Morgan fingerprint density at radius 3 is 2.03 bits per heavy atom. The number of aliphatic hydroxyl groups excluding tert-OH is 1. The van der Waals surface area contributed by atoms with Gasteiger partial charge in [-0.2, -0.15) is 0 Å². The van der Waals surface area contributed by atoms with Crippen LogP contribution in [0.5, 0.6) is 0 Å². The molecule has 0 amide bonds. The number of quaternary nitrogens is 1. The molecule has 0 heterocycles. The number of phosphoric acid groups is 1. The van der Waals surface area contributed by atoms with Crippen molar-refractivity contribution in [1.29, 1.82) is 0 Å². The molecule has 0 aromatic carbocycles. The van der Waals surface area contributed by atoms with E-state index in [1.807, 2.05) is 45.4 Å². The van der Waals surface area contributed by atoms with Crippen LogP contribution < -0.4 is 0 Å². The summed E-state index contributed by atoms with van der Waals surface area (Å²) in [5, 5.41) is 10.2. The van der Waals surface area contributed by atoms with Gasteiger partial charge in [0.2, 0.25) is 0 Å². The molecule has 0 fully saturated rings. The summed E-state index contributed by atoms with van der Waals surface area (Å²) in [6.07, 6.45) is 35.0. The van der Waals surface area contributed by atoms with Gasteiger partial charge in [0.15, 0.2) is 11.9 Å². The highest BCUT2D eigenvalue weighted by atomic mass is 31.2. The minimum Gasteiger partial charge on any atom is -0.462 e. The van der Waals surface area contributed by atoms with E-state index in [0.29, 0.717) is 43.1 Å². The predicted octanol–water partition coefficient (Wildman–Crippen LogP) is 10.3. The fourth-order valence-electron chi connectivity index (χ4n) is 6.41. The summed E-state index contributed by atoms with van der Waals surface area (Å²) in [6, 6.07) is 0. The van der Waals surface area contributed by atoms with Crippen molar-refractivity contribution in [3.63, 3.8) is 0 Å². The van der Waals surface area contributed by atoms with Gasteiger partial charge >= 0.3 is 19.8 Å². The van der Waals surface area contributed by atoms with Crippen LogP contribution in [0.25, 0.3) is 0 Å². The highest BCUT2D eigenvalue weighted by Gasteiger charge is 2.28. The number of rotatable bonds is 37. The highest BCUT2D eigenvalue weighted by molar-refractivity contribution is 7.47. The lowest BCUT2D eigenvalue weighted by Gasteiger charge is -2.24. The van der Waals surface area contributed by atoms with Crippen LogP contribution in [0.1, 0.15) is 155 Å². The molecule has 1 unspecified atom stereocenters. The van der Waals surface area contributed by atoms with Gasteiger partial charge in [-0.15, -0.1) is 0 Å². The molecule has 0 saturated carbocycles. The molecule has 5 atom stereocenters. The maximum Gasteiger partial charge on any atom is 0.472 e. The lowest BCUT2D eigenvalue weighted by molar-refractivity contribution is -0.870. The quantitative estimate of drug-likeness (QED) is 0.0204. The number of carbonyl (C=O) groups is 3. The second kappa shape index (κ2) is 33.3. The fraction of sp³-hybridized carbons (Fsp3) is 0.761. The van der Waals surface area contributed by atoms with Gasteiger partial charge in [0, 0.05) is 18.8 Å². The highest BCUT2D eigenvalue weighted by Crippen LogP contribution is 2.43. The first kappa shape index (κ1) is 53.6. The molecule has 11 nitrogen and oxygen atoms in total. The van der Waals surface area contributed by atoms with Gasteiger partial charge in [-0.1, -0.05) is 127 Å². The molecule has 1 aliphatic rings. The van der Waals surface area contributed by atoms with Crippen LogP contribution in [0, 0.1) is 11.8 Å². The standard InChI is InChI=1S/C46H80NO10P/c1-6-8-10-11-12-13-14-15-16-17-18-19-20-21-27-31-46(51)57-42(39-56-58(52,53)55-37-36-47(3,4)5)38-54-45(50)30-26-23-22-25-28-40-32-35-44(49)43(40)34-33-41(48)29-24-9-7-2/h13-14,22,25,32-35,40-43,48H,6-12,15-21,23-24,26-31,36-39H2,1-5H3/p+1/b14-13-,25-22-,34-33+/t40-,41-,42+,43+/m0/s1. The molecular weight excluding hydrogens is 757 g/mol. The van der Waals surface area contributed by atoms with Gasteiger partial charge in [0.25, 0.3) is 0 Å². The van der Waals surface area contributed by atoms with E-state index in [9.17, 15) is 28.9 Å². The third-order valence-corrected chi connectivity index (χ3v) is 11.1. The van der Waals surface area contributed by atoms with E-state index >= 15 is 0 Å². The van der Waals surface area contributed by atoms with Crippen LogP contribution in [0.15, 0.2) is 48.6 Å². The maximum absolute atomic E-state index is 12.7. The average molecular weight is 839 g/mol. The summed E-state index contributed by atoms with van der Waals surface area (Å²) in [4.78, 5) is 47.9. The molecule has 0 bridgehead atoms. The van der Waals surface area contributed by atoms with E-state index in [0.717, 1.165) is 44.9 Å². The normalized spacial score (nSPS) is 18.1. The average Bonchev–Trinajstić information content (AvgIpc) is 3.52. The number of hydrogen-bond acceptors (Lipinski definition) is 9. The summed E-state index contributed by atoms with van der Waals surface area (Å²) < 4.78 is 34.3. The predicted molar refractivity (Wildman–Crippen MR) is 233 cm³/mol. The molecule has 0 aromatic rings. The zero-order valence-electron chi connectivity index (χ0n) is 36.9. The maximum atomic E-state index is 12.7. The van der Waals surface area contributed by atoms with Gasteiger partial charge in [0.05, 0.1) is 33.9 Å². The first-order valence-electron chi connectivity index (χ1n) is 22.4. The van der Waals surface area contributed by atoms with Crippen molar-refractivity contribution < 1.29 is 52.0 Å². The number of ether oxygens (including phenoxy) is 2. The van der Waals surface area contributed by atoms with Crippen molar-refractivity contribution in [1.82, 2.24) is 0 Å². The van der Waals surface area contributed by atoms with Gasteiger partial charge in [-0.3, -0.25) is 23.4 Å². The summed E-state index contributed by atoms with van der Waals surface area (Å²) in [7, 11) is 1.36. The van der Waals surface area contributed by atoms with Crippen LogP contribution in [-0.2, 0) is 37.5 Å². The zero-order chi connectivity index (χ0) is 42.9. The molecule has 0 aliphatic heterocycles. The number of allylic oxidation sites excluding steroid dienone is 7. The Morgan fingerprint density at radius 1 is 0.776 bits per heavy atom.